The second kappa shape index (κ2) is 6.00. The van der Waals surface area contributed by atoms with E-state index in [9.17, 15) is 18.0 Å². The number of carboxylic acid groups (broad SMARTS) is 1. The van der Waals surface area contributed by atoms with Gasteiger partial charge < -0.3 is 5.11 Å². The van der Waals surface area contributed by atoms with Crippen molar-refractivity contribution in [3.05, 3.63) is 65.0 Å². The van der Waals surface area contributed by atoms with Crippen molar-refractivity contribution in [2.75, 3.05) is 0 Å². The highest BCUT2D eigenvalue weighted by molar-refractivity contribution is 7.98. The molecule has 6 heteroatoms. The maximum absolute atomic E-state index is 13.4. The Hall–Kier alpha value is -1.95. The molecular weight excluding hydrogens is 289 g/mol. The lowest BCUT2D eigenvalue weighted by molar-refractivity contribution is 0.0691. The molecule has 0 amide bonds. The predicted octanol–water partition coefficient (Wildman–Crippen LogP) is 4.09. The van der Waals surface area contributed by atoms with Crippen molar-refractivity contribution in [2.45, 2.75) is 10.6 Å². The molecule has 0 saturated heterocycles. The molecule has 0 unspecified atom stereocenters. The third-order valence-electron chi connectivity index (χ3n) is 2.55. The molecule has 0 saturated carbocycles. The minimum atomic E-state index is -1.36. The van der Waals surface area contributed by atoms with E-state index in [1.165, 1.54) is 18.2 Å². The molecule has 0 aromatic heterocycles. The number of hydrogen-bond donors (Lipinski definition) is 1. The zero-order chi connectivity index (χ0) is 14.7. The number of rotatable bonds is 4. The van der Waals surface area contributed by atoms with Gasteiger partial charge in [0.25, 0.3) is 0 Å². The average molecular weight is 298 g/mol. The summed E-state index contributed by atoms with van der Waals surface area (Å²) in [6.45, 7) is 0. The molecule has 2 aromatic rings. The van der Waals surface area contributed by atoms with Crippen LogP contribution in [-0.4, -0.2) is 11.1 Å². The summed E-state index contributed by atoms with van der Waals surface area (Å²) in [6, 6.07) is 6.90. The quantitative estimate of drug-likeness (QED) is 0.864. The zero-order valence-electron chi connectivity index (χ0n) is 10.1. The van der Waals surface area contributed by atoms with Crippen LogP contribution in [0.3, 0.4) is 0 Å². The number of thioether (sulfide) groups is 1. The van der Waals surface area contributed by atoms with E-state index < -0.39 is 29.0 Å². The molecule has 0 radical (unpaired) electrons. The smallest absolute Gasteiger partial charge is 0.338 e. The molecular formula is C14H9F3O2S. The van der Waals surface area contributed by atoms with Gasteiger partial charge in [-0.2, -0.15) is 0 Å². The van der Waals surface area contributed by atoms with E-state index in [1.54, 1.807) is 0 Å². The second-order valence-electron chi connectivity index (χ2n) is 3.98. The van der Waals surface area contributed by atoms with E-state index in [0.717, 1.165) is 30.0 Å². The Morgan fingerprint density at radius 3 is 2.45 bits per heavy atom. The maximum atomic E-state index is 13.4. The van der Waals surface area contributed by atoms with E-state index in [-0.39, 0.29) is 10.6 Å². The molecule has 1 N–H and O–H groups in total. The first-order valence-electron chi connectivity index (χ1n) is 5.57. The first-order chi connectivity index (χ1) is 9.47. The highest BCUT2D eigenvalue weighted by atomic mass is 32.2. The fourth-order valence-electron chi connectivity index (χ4n) is 1.58. The molecule has 2 rings (SSSR count). The number of aromatic carboxylic acids is 1. The fraction of sp³-hybridized carbons (Fsp3) is 0.0714. The molecule has 2 aromatic carbocycles. The maximum Gasteiger partial charge on any atom is 0.338 e. The van der Waals surface area contributed by atoms with Crippen LogP contribution < -0.4 is 0 Å². The van der Waals surface area contributed by atoms with Gasteiger partial charge in [-0.3, -0.25) is 0 Å². The summed E-state index contributed by atoms with van der Waals surface area (Å²) < 4.78 is 39.4. The van der Waals surface area contributed by atoms with E-state index in [2.05, 4.69) is 0 Å². The Kier molecular flexibility index (Phi) is 4.34. The SMILES string of the molecule is O=C(O)c1cc(CSc2ccc(F)cc2F)ccc1F. The van der Waals surface area contributed by atoms with Crippen molar-refractivity contribution >= 4 is 17.7 Å². The van der Waals surface area contributed by atoms with E-state index in [4.69, 9.17) is 5.11 Å². The van der Waals surface area contributed by atoms with E-state index >= 15 is 0 Å². The van der Waals surface area contributed by atoms with Gasteiger partial charge in [0, 0.05) is 16.7 Å². The van der Waals surface area contributed by atoms with Crippen LogP contribution in [0.15, 0.2) is 41.3 Å². The summed E-state index contributed by atoms with van der Waals surface area (Å²) in [6.07, 6.45) is 0. The monoisotopic (exact) mass is 298 g/mol. The summed E-state index contributed by atoms with van der Waals surface area (Å²) in [5.74, 6) is -3.28. The van der Waals surface area contributed by atoms with Gasteiger partial charge in [-0.15, -0.1) is 11.8 Å². The van der Waals surface area contributed by atoms with E-state index in [1.807, 2.05) is 0 Å². The van der Waals surface area contributed by atoms with Gasteiger partial charge >= 0.3 is 5.97 Å². The molecule has 0 heterocycles. The van der Waals surface area contributed by atoms with Crippen LogP contribution in [0, 0.1) is 17.5 Å². The van der Waals surface area contributed by atoms with Gasteiger partial charge in [0.1, 0.15) is 17.5 Å². The molecule has 0 bridgehead atoms. The lowest BCUT2D eigenvalue weighted by atomic mass is 10.1. The Morgan fingerprint density at radius 2 is 1.80 bits per heavy atom. The first-order valence-corrected chi connectivity index (χ1v) is 6.55. The average Bonchev–Trinajstić information content (AvgIpc) is 2.39. The molecule has 0 aliphatic heterocycles. The fourth-order valence-corrected chi connectivity index (χ4v) is 2.44. The zero-order valence-corrected chi connectivity index (χ0v) is 10.9. The van der Waals surface area contributed by atoms with Crippen LogP contribution >= 0.6 is 11.8 Å². The predicted molar refractivity (Wildman–Crippen MR) is 69.3 cm³/mol. The minimum Gasteiger partial charge on any atom is -0.478 e. The van der Waals surface area contributed by atoms with Crippen LogP contribution in [0.4, 0.5) is 13.2 Å². The number of hydrogen-bond acceptors (Lipinski definition) is 2. The molecule has 0 fully saturated rings. The van der Waals surface area contributed by atoms with E-state index in [0.29, 0.717) is 5.56 Å². The summed E-state index contributed by atoms with van der Waals surface area (Å²) in [5.41, 5.74) is 0.111. The van der Waals surface area contributed by atoms with Crippen LogP contribution in [0.1, 0.15) is 15.9 Å². The van der Waals surface area contributed by atoms with Crippen LogP contribution in [-0.2, 0) is 5.75 Å². The highest BCUT2D eigenvalue weighted by Crippen LogP contribution is 2.26. The molecule has 0 aliphatic carbocycles. The Labute approximate surface area is 117 Å². The Morgan fingerprint density at radius 1 is 1.05 bits per heavy atom. The molecule has 0 aliphatic rings. The van der Waals surface area contributed by atoms with Gasteiger partial charge in [-0.25, -0.2) is 18.0 Å². The molecule has 20 heavy (non-hydrogen) atoms. The largest absolute Gasteiger partial charge is 0.478 e. The lowest BCUT2D eigenvalue weighted by Gasteiger charge is -2.05. The number of carbonyl (C=O) groups is 1. The highest BCUT2D eigenvalue weighted by Gasteiger charge is 2.11. The Balaban J connectivity index is 2.15. The van der Waals surface area contributed by atoms with Gasteiger partial charge in [0.2, 0.25) is 0 Å². The van der Waals surface area contributed by atoms with Crippen LogP contribution in [0.5, 0.6) is 0 Å². The third-order valence-corrected chi connectivity index (χ3v) is 3.67. The van der Waals surface area contributed by atoms with Crippen LogP contribution in [0.2, 0.25) is 0 Å². The number of carboxylic acids is 1. The van der Waals surface area contributed by atoms with Crippen molar-refractivity contribution in [1.82, 2.24) is 0 Å². The van der Waals surface area contributed by atoms with Crippen LogP contribution in [0.25, 0.3) is 0 Å². The van der Waals surface area contributed by atoms with Gasteiger partial charge in [-0.1, -0.05) is 6.07 Å². The third kappa shape index (κ3) is 3.33. The van der Waals surface area contributed by atoms with Gasteiger partial charge in [-0.05, 0) is 29.8 Å². The summed E-state index contributed by atoms with van der Waals surface area (Å²) in [7, 11) is 0. The molecule has 0 spiro atoms. The normalized spacial score (nSPS) is 10.6. The summed E-state index contributed by atoms with van der Waals surface area (Å²) in [5, 5.41) is 8.80. The second-order valence-corrected chi connectivity index (χ2v) is 5.00. The lowest BCUT2D eigenvalue weighted by Crippen LogP contribution is -2.01. The van der Waals surface area contributed by atoms with Gasteiger partial charge in [0.15, 0.2) is 0 Å². The summed E-state index contributed by atoms with van der Waals surface area (Å²) in [4.78, 5) is 11.0. The van der Waals surface area contributed by atoms with Crippen molar-refractivity contribution in [1.29, 1.82) is 0 Å². The van der Waals surface area contributed by atoms with Crippen molar-refractivity contribution in [3.8, 4) is 0 Å². The minimum absolute atomic E-state index is 0.243. The van der Waals surface area contributed by atoms with Gasteiger partial charge in [0.05, 0.1) is 5.56 Å². The van der Waals surface area contributed by atoms with Crippen molar-refractivity contribution in [3.63, 3.8) is 0 Å². The molecule has 0 atom stereocenters. The number of benzene rings is 2. The van der Waals surface area contributed by atoms with Crippen molar-refractivity contribution < 1.29 is 23.1 Å². The summed E-state index contributed by atoms with van der Waals surface area (Å²) >= 11 is 1.08. The van der Waals surface area contributed by atoms with Crippen molar-refractivity contribution in [2.24, 2.45) is 0 Å². The number of halogens is 3. The standard InChI is InChI=1S/C14H9F3O2S/c15-9-2-4-13(12(17)6-9)20-7-8-1-3-11(16)10(5-8)14(18)19/h1-6H,7H2,(H,18,19). The molecule has 104 valence electrons. The first kappa shape index (κ1) is 14.5. The Bertz CT molecular complexity index is 659. The molecule has 2 nitrogen and oxygen atoms in total. The topological polar surface area (TPSA) is 37.3 Å².